The van der Waals surface area contributed by atoms with Crippen LogP contribution in [-0.2, 0) is 14.4 Å². The molecule has 4 aromatic rings. The Kier molecular flexibility index (Phi) is 7.30. The van der Waals surface area contributed by atoms with E-state index < -0.39 is 11.5 Å². The van der Waals surface area contributed by atoms with E-state index in [-0.39, 0.29) is 29.9 Å². The van der Waals surface area contributed by atoms with Gasteiger partial charge in [0.15, 0.2) is 11.4 Å². The van der Waals surface area contributed by atoms with E-state index in [4.69, 9.17) is 21.3 Å². The highest BCUT2D eigenvalue weighted by Crippen LogP contribution is 2.42. The van der Waals surface area contributed by atoms with Gasteiger partial charge in [-0.25, -0.2) is 4.98 Å². The van der Waals surface area contributed by atoms with Gasteiger partial charge in [-0.3, -0.25) is 14.4 Å². The molecule has 9 heteroatoms. The van der Waals surface area contributed by atoms with Crippen molar-refractivity contribution in [2.45, 2.75) is 44.6 Å². The van der Waals surface area contributed by atoms with Gasteiger partial charge in [-0.15, -0.1) is 11.3 Å². The number of carbonyl (C=O) groups excluding carboxylic acids is 3. The number of para-hydroxylation sites is 2. The standard InChI is InChI=1S/C32H30ClN3O4S/c1-19(2)29(38)32(40-26-13-6-4-9-21(26)30-35-25-12-7-10-23(33)28(25)41-30)14-16-36(17-15-32)31(39)22-18-27(37)34-24-11-5-3-8-20(22)24/h3-13,19,22H,14-18H2,1-2H3,(H,34,37). The second-order valence-electron chi connectivity index (χ2n) is 10.9. The predicted molar refractivity (Wildman–Crippen MR) is 162 cm³/mol. The lowest BCUT2D eigenvalue weighted by Gasteiger charge is -2.43. The molecule has 1 atom stereocenters. The summed E-state index contributed by atoms with van der Waals surface area (Å²) < 4.78 is 7.61. The molecule has 1 fully saturated rings. The van der Waals surface area contributed by atoms with Gasteiger partial charge in [0.25, 0.3) is 0 Å². The van der Waals surface area contributed by atoms with Crippen molar-refractivity contribution in [3.63, 3.8) is 0 Å². The van der Waals surface area contributed by atoms with Crippen molar-refractivity contribution in [1.29, 1.82) is 0 Å². The molecule has 0 radical (unpaired) electrons. The Morgan fingerprint density at radius 1 is 1.05 bits per heavy atom. The fourth-order valence-corrected chi connectivity index (χ4v) is 7.12. The number of amides is 2. The predicted octanol–water partition coefficient (Wildman–Crippen LogP) is 6.71. The number of ketones is 1. The van der Waals surface area contributed by atoms with Crippen LogP contribution in [0.3, 0.4) is 0 Å². The maximum absolute atomic E-state index is 13.7. The minimum Gasteiger partial charge on any atom is -0.479 e. The Labute approximate surface area is 247 Å². The first kappa shape index (κ1) is 27.4. The van der Waals surface area contributed by atoms with E-state index >= 15 is 0 Å². The number of anilines is 1. The lowest BCUT2D eigenvalue weighted by Crippen LogP contribution is -2.56. The number of piperidine rings is 1. The topological polar surface area (TPSA) is 88.6 Å². The second-order valence-corrected chi connectivity index (χ2v) is 12.3. The van der Waals surface area contributed by atoms with Gasteiger partial charge in [0.2, 0.25) is 11.8 Å². The number of carbonyl (C=O) groups is 3. The van der Waals surface area contributed by atoms with Crippen molar-refractivity contribution in [3.05, 3.63) is 77.3 Å². The van der Waals surface area contributed by atoms with Crippen molar-refractivity contribution < 1.29 is 19.1 Å². The highest BCUT2D eigenvalue weighted by Gasteiger charge is 2.46. The Morgan fingerprint density at radius 2 is 1.78 bits per heavy atom. The molecule has 7 nitrogen and oxygen atoms in total. The molecule has 1 saturated heterocycles. The first-order chi connectivity index (χ1) is 19.8. The molecule has 2 aliphatic heterocycles. The summed E-state index contributed by atoms with van der Waals surface area (Å²) in [6.07, 6.45) is 0.825. The van der Waals surface area contributed by atoms with E-state index in [0.717, 1.165) is 26.4 Å². The van der Waals surface area contributed by atoms with Crippen LogP contribution >= 0.6 is 22.9 Å². The normalized spacial score (nSPS) is 18.2. The van der Waals surface area contributed by atoms with Crippen molar-refractivity contribution in [1.82, 2.24) is 9.88 Å². The SMILES string of the molecule is CC(C)C(=O)C1(Oc2ccccc2-c2nc3cccc(Cl)c3s2)CCN(C(=O)C2CC(=O)Nc3ccccc32)CC1. The highest BCUT2D eigenvalue weighted by atomic mass is 35.5. The number of nitrogens with one attached hydrogen (secondary N) is 1. The molecule has 0 saturated carbocycles. The summed E-state index contributed by atoms with van der Waals surface area (Å²) in [6, 6.07) is 20.7. The van der Waals surface area contributed by atoms with Crippen LogP contribution in [-0.4, -0.2) is 46.2 Å². The van der Waals surface area contributed by atoms with Gasteiger partial charge in [-0.2, -0.15) is 0 Å². The number of nitrogens with zero attached hydrogens (tertiary/aromatic N) is 2. The number of halogens is 1. The highest BCUT2D eigenvalue weighted by molar-refractivity contribution is 7.22. The van der Waals surface area contributed by atoms with E-state index in [1.807, 2.05) is 80.6 Å². The molecule has 1 aromatic heterocycles. The number of fused-ring (bicyclic) bond motifs is 2. The third-order valence-corrected chi connectivity index (χ3v) is 9.51. The van der Waals surface area contributed by atoms with E-state index in [9.17, 15) is 14.4 Å². The zero-order chi connectivity index (χ0) is 28.7. The fraction of sp³-hybridized carbons (Fsp3) is 0.312. The van der Waals surface area contributed by atoms with E-state index in [2.05, 4.69) is 5.32 Å². The third-order valence-electron chi connectivity index (χ3n) is 7.94. The average Bonchev–Trinajstić information content (AvgIpc) is 3.42. The summed E-state index contributed by atoms with van der Waals surface area (Å²) in [5.74, 6) is -0.465. The fourth-order valence-electron chi connectivity index (χ4n) is 5.84. The first-order valence-corrected chi connectivity index (χ1v) is 15.0. The molecular weight excluding hydrogens is 558 g/mol. The van der Waals surface area contributed by atoms with Crippen LogP contribution in [0.2, 0.25) is 5.02 Å². The molecule has 0 spiro atoms. The molecule has 0 aliphatic carbocycles. The van der Waals surface area contributed by atoms with E-state index in [1.165, 1.54) is 11.3 Å². The number of thiazole rings is 1. The summed E-state index contributed by atoms with van der Waals surface area (Å²) >= 11 is 7.91. The van der Waals surface area contributed by atoms with Gasteiger partial charge < -0.3 is 15.0 Å². The number of Topliss-reactive ketones (excluding diaryl/α,β-unsaturated/α-hetero) is 1. The molecule has 41 heavy (non-hydrogen) atoms. The summed E-state index contributed by atoms with van der Waals surface area (Å²) in [5, 5.41) is 4.27. The lowest BCUT2D eigenvalue weighted by molar-refractivity contribution is -0.148. The zero-order valence-corrected chi connectivity index (χ0v) is 24.4. The molecule has 2 amide bonds. The quantitative estimate of drug-likeness (QED) is 0.271. The minimum atomic E-state index is -1.09. The van der Waals surface area contributed by atoms with Crippen LogP contribution in [0, 0.1) is 5.92 Å². The maximum atomic E-state index is 13.7. The van der Waals surface area contributed by atoms with Crippen molar-refractivity contribution in [2.24, 2.45) is 5.92 Å². The molecule has 210 valence electrons. The summed E-state index contributed by atoms with van der Waals surface area (Å²) in [5.41, 5.74) is 2.03. The summed E-state index contributed by atoms with van der Waals surface area (Å²) in [4.78, 5) is 46.3. The van der Waals surface area contributed by atoms with E-state index in [0.29, 0.717) is 42.4 Å². The van der Waals surface area contributed by atoms with Crippen LogP contribution < -0.4 is 10.1 Å². The number of benzene rings is 3. The molecule has 6 rings (SSSR count). The van der Waals surface area contributed by atoms with Gasteiger partial charge in [0, 0.05) is 44.0 Å². The molecular formula is C32H30ClN3O4S. The van der Waals surface area contributed by atoms with Crippen LogP contribution in [0.1, 0.15) is 44.6 Å². The zero-order valence-electron chi connectivity index (χ0n) is 22.9. The Bertz CT molecular complexity index is 1660. The van der Waals surface area contributed by atoms with Crippen molar-refractivity contribution in [3.8, 4) is 16.3 Å². The largest absolute Gasteiger partial charge is 0.479 e. The average molecular weight is 588 g/mol. The smallest absolute Gasteiger partial charge is 0.230 e. The van der Waals surface area contributed by atoms with Crippen LogP contribution in [0.25, 0.3) is 20.8 Å². The molecule has 3 heterocycles. The maximum Gasteiger partial charge on any atom is 0.230 e. The third kappa shape index (κ3) is 5.11. The van der Waals surface area contributed by atoms with Gasteiger partial charge in [0.05, 0.1) is 26.7 Å². The molecule has 0 bridgehead atoms. The van der Waals surface area contributed by atoms with Crippen molar-refractivity contribution >= 4 is 56.4 Å². The van der Waals surface area contributed by atoms with Crippen LogP contribution in [0.5, 0.6) is 5.75 Å². The number of ether oxygens (including phenoxy) is 1. The van der Waals surface area contributed by atoms with Gasteiger partial charge in [-0.1, -0.05) is 61.8 Å². The molecule has 2 aliphatic rings. The Hall–Kier alpha value is -3.75. The number of hydrogen-bond acceptors (Lipinski definition) is 6. The molecule has 1 N–H and O–H groups in total. The number of rotatable bonds is 6. The summed E-state index contributed by atoms with van der Waals surface area (Å²) in [7, 11) is 0. The monoisotopic (exact) mass is 587 g/mol. The number of likely N-dealkylation sites (tertiary alicyclic amines) is 1. The summed E-state index contributed by atoms with van der Waals surface area (Å²) in [6.45, 7) is 4.47. The number of aromatic nitrogens is 1. The van der Waals surface area contributed by atoms with Gasteiger partial charge in [0.1, 0.15) is 10.8 Å². The second kappa shape index (κ2) is 10.9. The van der Waals surface area contributed by atoms with Crippen LogP contribution in [0.15, 0.2) is 66.7 Å². The molecule has 1 unspecified atom stereocenters. The van der Waals surface area contributed by atoms with Gasteiger partial charge >= 0.3 is 0 Å². The number of hydrogen-bond donors (Lipinski definition) is 1. The Morgan fingerprint density at radius 3 is 2.54 bits per heavy atom. The van der Waals surface area contributed by atoms with Crippen molar-refractivity contribution in [2.75, 3.05) is 18.4 Å². The van der Waals surface area contributed by atoms with E-state index in [1.54, 1.807) is 4.90 Å². The van der Waals surface area contributed by atoms with Crippen LogP contribution in [0.4, 0.5) is 5.69 Å². The minimum absolute atomic E-state index is 0.00846. The van der Waals surface area contributed by atoms with Gasteiger partial charge in [-0.05, 0) is 35.9 Å². The lowest BCUT2D eigenvalue weighted by atomic mass is 9.81. The first-order valence-electron chi connectivity index (χ1n) is 13.8. The Balaban J connectivity index is 1.27. The molecule has 3 aromatic carbocycles.